The summed E-state index contributed by atoms with van der Waals surface area (Å²) in [5.41, 5.74) is 2.52. The number of Topliss-reactive ketones (excluding diaryl/α,β-unsaturated/α-hetero) is 2. The molecule has 0 spiro atoms. The number of phenolic OH excluding ortho intramolecular Hbond substituents is 1. The van der Waals surface area contributed by atoms with Crippen LogP contribution in [0.4, 0.5) is 0 Å². The van der Waals surface area contributed by atoms with Gasteiger partial charge in [-0.15, -0.1) is 0 Å². The van der Waals surface area contributed by atoms with Crippen LogP contribution >= 0.6 is 22.6 Å². The number of aliphatic hydroxyl groups is 3. The van der Waals surface area contributed by atoms with Crippen LogP contribution in [0.1, 0.15) is 48.7 Å². The first kappa shape index (κ1) is 25.6. The highest BCUT2D eigenvalue weighted by Gasteiger charge is 2.63. The Kier molecular flexibility index (Phi) is 5.89. The van der Waals surface area contributed by atoms with Gasteiger partial charge in [0.25, 0.3) is 5.91 Å². The van der Waals surface area contributed by atoms with Gasteiger partial charge in [-0.3, -0.25) is 19.3 Å². The lowest BCUT2D eigenvalue weighted by molar-refractivity contribution is -0.148. The molecule has 4 rings (SSSR count). The zero-order valence-corrected chi connectivity index (χ0v) is 22.3. The average molecular weight is 596 g/mol. The fraction of sp³-hybridized carbons (Fsp3) is 0.480. The molecule has 3 aliphatic carbocycles. The largest absolute Gasteiger partial charge is 0.510 e. The van der Waals surface area contributed by atoms with Crippen LogP contribution in [0.3, 0.4) is 0 Å². The third-order valence-electron chi connectivity index (χ3n) is 7.48. The minimum absolute atomic E-state index is 0.0441. The monoisotopic (exact) mass is 596 g/mol. The molecule has 0 unspecified atom stereocenters. The predicted octanol–water partition coefficient (Wildman–Crippen LogP) is 2.02. The number of hydrogen-bond donors (Lipinski definition) is 5. The topological polar surface area (TPSA) is 161 Å². The van der Waals surface area contributed by atoms with E-state index in [0.717, 1.165) is 3.57 Å². The molecular formula is C25H29IN2O7. The Morgan fingerprint density at radius 1 is 1.20 bits per heavy atom. The molecule has 0 heterocycles. The number of amides is 1. The molecule has 1 aromatic carbocycles. The van der Waals surface area contributed by atoms with E-state index in [-0.39, 0.29) is 29.7 Å². The van der Waals surface area contributed by atoms with Crippen LogP contribution < -0.4 is 5.73 Å². The zero-order valence-electron chi connectivity index (χ0n) is 20.1. The maximum absolute atomic E-state index is 13.8. The van der Waals surface area contributed by atoms with Crippen LogP contribution in [0.25, 0.3) is 0 Å². The van der Waals surface area contributed by atoms with Crippen LogP contribution in [0.5, 0.6) is 5.75 Å². The van der Waals surface area contributed by atoms with E-state index in [1.165, 1.54) is 4.90 Å². The maximum atomic E-state index is 13.8. The van der Waals surface area contributed by atoms with Gasteiger partial charge in [0.1, 0.15) is 22.8 Å². The number of fused-ring (bicyclic) bond motifs is 3. The number of ketones is 2. The van der Waals surface area contributed by atoms with Gasteiger partial charge >= 0.3 is 0 Å². The second-order valence-electron chi connectivity index (χ2n) is 10.8. The number of nitrogens with zero attached hydrogens (tertiary/aromatic N) is 1. The van der Waals surface area contributed by atoms with Gasteiger partial charge in [-0.25, -0.2) is 0 Å². The molecule has 0 saturated carbocycles. The number of allylic oxidation sites excluding steroid dienone is 1. The van der Waals surface area contributed by atoms with E-state index >= 15 is 0 Å². The molecule has 0 aromatic heterocycles. The van der Waals surface area contributed by atoms with Crippen molar-refractivity contribution in [2.24, 2.45) is 17.6 Å². The standard InChI is InChI=1S/C25H29IN2O7/c1-24(2,3)12-8-13(26)10-6-9-7-11-17(28(4)5)20(31)16(23(27)34)22(33)25(11,35)21(32)14(9)19(30)15(10)18(12)29/h8-9,11,17,29,31-32,35H,6-7H2,1-5H3,(H2,27,34)/t9-,11-,17-,25-/m1/s1. The van der Waals surface area contributed by atoms with Crippen molar-refractivity contribution < 1.29 is 34.8 Å². The van der Waals surface area contributed by atoms with Crippen molar-refractivity contribution in [3.05, 3.63) is 49.0 Å². The van der Waals surface area contributed by atoms with Crippen LogP contribution in [-0.4, -0.2) is 68.5 Å². The normalized spacial score (nSPS) is 28.7. The second-order valence-corrected chi connectivity index (χ2v) is 12.0. The Balaban J connectivity index is 1.99. The van der Waals surface area contributed by atoms with Gasteiger partial charge in [-0.2, -0.15) is 0 Å². The van der Waals surface area contributed by atoms with Crippen molar-refractivity contribution in [1.29, 1.82) is 0 Å². The first-order chi connectivity index (χ1) is 16.0. The second kappa shape index (κ2) is 8.04. The Hall–Kier alpha value is -2.44. The summed E-state index contributed by atoms with van der Waals surface area (Å²) in [5, 5.41) is 44.8. The SMILES string of the molecule is CN(C)[C@H]1C(O)=C(C(N)=O)C(=O)[C@]2(O)C(O)=C3C(=O)c4c(O)c(C(C)(C)C)cc(I)c4C[C@@H]3C[C@H]12. The lowest BCUT2D eigenvalue weighted by atomic mass is 9.58. The summed E-state index contributed by atoms with van der Waals surface area (Å²) in [6.07, 6.45) is 0.356. The summed E-state index contributed by atoms with van der Waals surface area (Å²) < 4.78 is 0.788. The van der Waals surface area contributed by atoms with E-state index in [1.807, 2.05) is 26.8 Å². The number of rotatable bonds is 2. The molecule has 1 amide bonds. The number of primary amides is 1. The average Bonchev–Trinajstić information content (AvgIpc) is 2.71. The predicted molar refractivity (Wildman–Crippen MR) is 135 cm³/mol. The van der Waals surface area contributed by atoms with Crippen molar-refractivity contribution >= 4 is 40.1 Å². The van der Waals surface area contributed by atoms with E-state index in [0.29, 0.717) is 11.1 Å². The van der Waals surface area contributed by atoms with Gasteiger partial charge in [-0.1, -0.05) is 20.8 Å². The third-order valence-corrected chi connectivity index (χ3v) is 8.44. The van der Waals surface area contributed by atoms with Crippen LogP contribution in [0.15, 0.2) is 28.7 Å². The van der Waals surface area contributed by atoms with Gasteiger partial charge < -0.3 is 26.2 Å². The van der Waals surface area contributed by atoms with Gasteiger partial charge in [0.05, 0.1) is 11.6 Å². The first-order valence-corrected chi connectivity index (χ1v) is 12.3. The van der Waals surface area contributed by atoms with Crippen molar-refractivity contribution in [2.45, 2.75) is 50.7 Å². The van der Waals surface area contributed by atoms with Crippen molar-refractivity contribution in [1.82, 2.24) is 4.90 Å². The highest BCUT2D eigenvalue weighted by atomic mass is 127. The summed E-state index contributed by atoms with van der Waals surface area (Å²) in [6, 6.07) is 0.840. The van der Waals surface area contributed by atoms with E-state index in [4.69, 9.17) is 5.73 Å². The lowest BCUT2D eigenvalue weighted by Crippen LogP contribution is -2.63. The molecule has 0 aliphatic heterocycles. The molecule has 9 nitrogen and oxygen atoms in total. The van der Waals surface area contributed by atoms with E-state index in [2.05, 4.69) is 22.6 Å². The fourth-order valence-corrected chi connectivity index (χ4v) is 6.65. The lowest BCUT2D eigenvalue weighted by Gasteiger charge is -2.50. The number of nitrogens with two attached hydrogens (primary N) is 1. The molecule has 0 saturated heterocycles. The molecule has 188 valence electrons. The number of halogens is 1. The number of carbonyl (C=O) groups is 3. The number of phenols is 1. The van der Waals surface area contributed by atoms with Crippen LogP contribution in [0, 0.1) is 15.4 Å². The number of likely N-dealkylation sites (N-methyl/N-ethyl adjacent to an activating group) is 1. The van der Waals surface area contributed by atoms with Gasteiger partial charge in [0.15, 0.2) is 11.4 Å². The Bertz CT molecular complexity index is 1260. The summed E-state index contributed by atoms with van der Waals surface area (Å²) in [4.78, 5) is 40.6. The van der Waals surface area contributed by atoms with E-state index < -0.39 is 63.5 Å². The molecule has 0 bridgehead atoms. The van der Waals surface area contributed by atoms with Crippen molar-refractivity contribution in [3.63, 3.8) is 0 Å². The first-order valence-electron chi connectivity index (χ1n) is 11.2. The van der Waals surface area contributed by atoms with Crippen LogP contribution in [-0.2, 0) is 21.4 Å². The van der Waals surface area contributed by atoms with Crippen LogP contribution in [0.2, 0.25) is 0 Å². The molecule has 10 heteroatoms. The van der Waals surface area contributed by atoms with Crippen molar-refractivity contribution in [3.8, 4) is 5.75 Å². The van der Waals surface area contributed by atoms with Gasteiger partial charge in [0.2, 0.25) is 5.78 Å². The highest BCUT2D eigenvalue weighted by molar-refractivity contribution is 14.1. The molecular weight excluding hydrogens is 567 g/mol. The minimum Gasteiger partial charge on any atom is -0.510 e. The summed E-state index contributed by atoms with van der Waals surface area (Å²) in [6.45, 7) is 5.70. The number of aliphatic hydroxyl groups excluding tert-OH is 2. The minimum atomic E-state index is -2.63. The van der Waals surface area contributed by atoms with Gasteiger partial charge in [0, 0.05) is 20.6 Å². The fourth-order valence-electron chi connectivity index (χ4n) is 5.84. The molecule has 0 fully saturated rings. The number of aromatic hydroxyl groups is 1. The molecule has 0 radical (unpaired) electrons. The van der Waals surface area contributed by atoms with E-state index in [1.54, 1.807) is 14.1 Å². The molecule has 6 N–H and O–H groups in total. The summed E-state index contributed by atoms with van der Waals surface area (Å²) in [5.74, 6) is -6.39. The molecule has 3 aliphatic rings. The quantitative estimate of drug-likeness (QED) is 0.256. The Morgan fingerprint density at radius 3 is 2.31 bits per heavy atom. The zero-order chi connectivity index (χ0) is 26.4. The summed E-state index contributed by atoms with van der Waals surface area (Å²) >= 11 is 2.12. The number of carbonyl (C=O) groups excluding carboxylic acids is 3. The smallest absolute Gasteiger partial charge is 0.255 e. The summed E-state index contributed by atoms with van der Waals surface area (Å²) in [7, 11) is 3.20. The third kappa shape index (κ3) is 3.44. The molecule has 4 atom stereocenters. The van der Waals surface area contributed by atoms with Crippen molar-refractivity contribution in [2.75, 3.05) is 14.1 Å². The number of benzene rings is 1. The maximum Gasteiger partial charge on any atom is 0.255 e. The highest BCUT2D eigenvalue weighted by Crippen LogP contribution is 2.53. The van der Waals surface area contributed by atoms with Gasteiger partial charge in [-0.05, 0) is 72.5 Å². The van der Waals surface area contributed by atoms with E-state index in [9.17, 15) is 34.8 Å². The molecule has 35 heavy (non-hydrogen) atoms. The number of hydrogen-bond acceptors (Lipinski definition) is 8. The Labute approximate surface area is 216 Å². The Morgan fingerprint density at radius 2 is 1.80 bits per heavy atom. The molecule has 1 aromatic rings.